The van der Waals surface area contributed by atoms with Crippen LogP contribution in [0.4, 0.5) is 10.2 Å². The van der Waals surface area contributed by atoms with E-state index in [4.69, 9.17) is 17.3 Å². The van der Waals surface area contributed by atoms with E-state index in [2.05, 4.69) is 5.10 Å². The third kappa shape index (κ3) is 1.80. The van der Waals surface area contributed by atoms with E-state index in [-0.39, 0.29) is 5.82 Å². The number of rotatable bonds is 1. The quantitative estimate of drug-likeness (QED) is 0.810. The third-order valence-electron chi connectivity index (χ3n) is 2.08. The molecular formula is C10H9ClFN3. The highest BCUT2D eigenvalue weighted by atomic mass is 35.5. The van der Waals surface area contributed by atoms with Crippen LogP contribution in [0.1, 0.15) is 0 Å². The number of nitrogens with zero attached hydrogens (tertiary/aromatic N) is 2. The van der Waals surface area contributed by atoms with Gasteiger partial charge in [0.2, 0.25) is 0 Å². The number of anilines is 1. The second-order valence-electron chi connectivity index (χ2n) is 3.23. The SMILES string of the molecule is Cn1cc(-c2cc(Cl)ccc2F)c(N)n1. The molecule has 15 heavy (non-hydrogen) atoms. The van der Waals surface area contributed by atoms with Crippen LogP contribution in [0, 0.1) is 5.82 Å². The van der Waals surface area contributed by atoms with E-state index >= 15 is 0 Å². The van der Waals surface area contributed by atoms with Gasteiger partial charge in [-0.05, 0) is 18.2 Å². The first-order valence-electron chi connectivity index (χ1n) is 4.32. The Labute approximate surface area is 91.3 Å². The van der Waals surface area contributed by atoms with Crippen molar-refractivity contribution in [1.82, 2.24) is 9.78 Å². The van der Waals surface area contributed by atoms with E-state index in [1.807, 2.05) is 0 Å². The van der Waals surface area contributed by atoms with Gasteiger partial charge in [-0.25, -0.2) is 4.39 Å². The van der Waals surface area contributed by atoms with Gasteiger partial charge in [0.25, 0.3) is 0 Å². The minimum Gasteiger partial charge on any atom is -0.382 e. The molecule has 0 aliphatic heterocycles. The van der Waals surface area contributed by atoms with Crippen molar-refractivity contribution < 1.29 is 4.39 Å². The smallest absolute Gasteiger partial charge is 0.153 e. The lowest BCUT2D eigenvalue weighted by atomic mass is 10.1. The summed E-state index contributed by atoms with van der Waals surface area (Å²) >= 11 is 5.79. The van der Waals surface area contributed by atoms with Gasteiger partial charge in [-0.3, -0.25) is 4.68 Å². The molecule has 5 heteroatoms. The Bertz CT molecular complexity index is 507. The Kier molecular flexibility index (Phi) is 2.36. The summed E-state index contributed by atoms with van der Waals surface area (Å²) in [4.78, 5) is 0. The van der Waals surface area contributed by atoms with Crippen LogP contribution >= 0.6 is 11.6 Å². The molecule has 2 rings (SSSR count). The topological polar surface area (TPSA) is 43.8 Å². The van der Waals surface area contributed by atoms with E-state index in [0.717, 1.165) is 0 Å². The standard InChI is InChI=1S/C10H9ClFN3/c1-15-5-8(10(13)14-15)7-4-6(11)2-3-9(7)12/h2-5H,1H3,(H2,13,14). The molecule has 2 N–H and O–H groups in total. The average molecular weight is 226 g/mol. The molecular weight excluding hydrogens is 217 g/mol. The summed E-state index contributed by atoms with van der Waals surface area (Å²) in [6.45, 7) is 0. The van der Waals surface area contributed by atoms with Crippen molar-refractivity contribution in [3.63, 3.8) is 0 Å². The molecule has 0 aliphatic carbocycles. The molecule has 0 atom stereocenters. The lowest BCUT2D eigenvalue weighted by Crippen LogP contribution is -1.91. The highest BCUT2D eigenvalue weighted by Crippen LogP contribution is 2.29. The van der Waals surface area contributed by atoms with Crippen molar-refractivity contribution in [3.05, 3.63) is 35.2 Å². The van der Waals surface area contributed by atoms with Gasteiger partial charge in [-0.15, -0.1) is 0 Å². The molecule has 0 amide bonds. The van der Waals surface area contributed by atoms with Gasteiger partial charge in [0.05, 0.1) is 0 Å². The number of hydrogen-bond acceptors (Lipinski definition) is 2. The van der Waals surface area contributed by atoms with Gasteiger partial charge in [-0.2, -0.15) is 5.10 Å². The summed E-state index contributed by atoms with van der Waals surface area (Å²) < 4.78 is 15.0. The number of nitrogen functional groups attached to an aromatic ring is 1. The van der Waals surface area contributed by atoms with E-state index in [0.29, 0.717) is 22.0 Å². The lowest BCUT2D eigenvalue weighted by molar-refractivity contribution is 0.631. The summed E-state index contributed by atoms with van der Waals surface area (Å²) in [7, 11) is 1.72. The predicted octanol–water partition coefficient (Wildman–Crippen LogP) is 2.46. The maximum absolute atomic E-state index is 13.5. The van der Waals surface area contributed by atoms with Crippen molar-refractivity contribution >= 4 is 17.4 Å². The highest BCUT2D eigenvalue weighted by molar-refractivity contribution is 6.30. The van der Waals surface area contributed by atoms with Gasteiger partial charge < -0.3 is 5.73 Å². The molecule has 0 saturated heterocycles. The number of aromatic nitrogens is 2. The van der Waals surface area contributed by atoms with E-state index in [1.165, 1.54) is 22.9 Å². The first-order valence-corrected chi connectivity index (χ1v) is 4.70. The average Bonchev–Trinajstić information content (AvgIpc) is 2.50. The Balaban J connectivity index is 2.62. The minimum absolute atomic E-state index is 0.290. The fourth-order valence-corrected chi connectivity index (χ4v) is 1.59. The maximum Gasteiger partial charge on any atom is 0.153 e. The van der Waals surface area contributed by atoms with Crippen molar-refractivity contribution in [3.8, 4) is 11.1 Å². The first-order chi connectivity index (χ1) is 7.08. The second kappa shape index (κ2) is 3.55. The molecule has 78 valence electrons. The third-order valence-corrected chi connectivity index (χ3v) is 2.31. The number of nitrogens with two attached hydrogens (primary N) is 1. The largest absolute Gasteiger partial charge is 0.382 e. The normalized spacial score (nSPS) is 10.6. The number of halogens is 2. The molecule has 1 aromatic carbocycles. The summed E-state index contributed by atoms with van der Waals surface area (Å²) in [5, 5.41) is 4.41. The van der Waals surface area contributed by atoms with Crippen molar-refractivity contribution in [1.29, 1.82) is 0 Å². The molecule has 1 heterocycles. The lowest BCUT2D eigenvalue weighted by Gasteiger charge is -2.01. The zero-order valence-electron chi connectivity index (χ0n) is 8.04. The second-order valence-corrected chi connectivity index (χ2v) is 3.66. The fourth-order valence-electron chi connectivity index (χ4n) is 1.42. The zero-order chi connectivity index (χ0) is 11.0. The molecule has 0 radical (unpaired) electrons. The molecule has 3 nitrogen and oxygen atoms in total. The Morgan fingerprint density at radius 3 is 2.73 bits per heavy atom. The monoisotopic (exact) mass is 225 g/mol. The van der Waals surface area contributed by atoms with E-state index in [1.54, 1.807) is 13.2 Å². The number of hydrogen-bond donors (Lipinski definition) is 1. The minimum atomic E-state index is -0.362. The predicted molar refractivity (Wildman–Crippen MR) is 58.0 cm³/mol. The molecule has 0 saturated carbocycles. The summed E-state index contributed by atoms with van der Waals surface area (Å²) in [5.74, 6) is -0.0715. The van der Waals surface area contributed by atoms with Crippen molar-refractivity contribution in [2.75, 3.05) is 5.73 Å². The Hall–Kier alpha value is -1.55. The summed E-state index contributed by atoms with van der Waals surface area (Å²) in [6.07, 6.45) is 1.66. The summed E-state index contributed by atoms with van der Waals surface area (Å²) in [5.41, 5.74) is 6.57. The zero-order valence-corrected chi connectivity index (χ0v) is 8.79. The Morgan fingerprint density at radius 1 is 1.40 bits per heavy atom. The first kappa shape index (κ1) is 9.98. The van der Waals surface area contributed by atoms with E-state index < -0.39 is 0 Å². The van der Waals surface area contributed by atoms with Gasteiger partial charge in [0, 0.05) is 29.4 Å². The van der Waals surface area contributed by atoms with Crippen molar-refractivity contribution in [2.45, 2.75) is 0 Å². The number of benzene rings is 1. The van der Waals surface area contributed by atoms with Crippen LogP contribution in [-0.2, 0) is 7.05 Å². The van der Waals surface area contributed by atoms with Crippen LogP contribution in [0.3, 0.4) is 0 Å². The van der Waals surface area contributed by atoms with Crippen LogP contribution in [0.5, 0.6) is 0 Å². The van der Waals surface area contributed by atoms with Crippen LogP contribution in [0.2, 0.25) is 5.02 Å². The maximum atomic E-state index is 13.5. The molecule has 2 aromatic rings. The van der Waals surface area contributed by atoms with Crippen molar-refractivity contribution in [2.24, 2.45) is 7.05 Å². The van der Waals surface area contributed by atoms with Gasteiger partial charge in [-0.1, -0.05) is 11.6 Å². The van der Waals surface area contributed by atoms with Crippen LogP contribution in [0.25, 0.3) is 11.1 Å². The molecule has 0 spiro atoms. The molecule has 0 bridgehead atoms. The number of aryl methyl sites for hydroxylation is 1. The fraction of sp³-hybridized carbons (Fsp3) is 0.100. The summed E-state index contributed by atoms with van der Waals surface area (Å²) in [6, 6.07) is 4.33. The molecule has 1 aromatic heterocycles. The van der Waals surface area contributed by atoms with Crippen LogP contribution in [-0.4, -0.2) is 9.78 Å². The highest BCUT2D eigenvalue weighted by Gasteiger charge is 2.11. The van der Waals surface area contributed by atoms with Crippen LogP contribution < -0.4 is 5.73 Å². The Morgan fingerprint density at radius 2 is 2.13 bits per heavy atom. The molecule has 0 aliphatic rings. The van der Waals surface area contributed by atoms with Gasteiger partial charge >= 0.3 is 0 Å². The molecule has 0 unspecified atom stereocenters. The van der Waals surface area contributed by atoms with E-state index in [9.17, 15) is 4.39 Å². The van der Waals surface area contributed by atoms with Gasteiger partial charge in [0.1, 0.15) is 5.82 Å². The molecule has 0 fully saturated rings. The van der Waals surface area contributed by atoms with Gasteiger partial charge in [0.15, 0.2) is 5.82 Å². The van der Waals surface area contributed by atoms with Crippen LogP contribution in [0.15, 0.2) is 24.4 Å².